The van der Waals surface area contributed by atoms with Crippen molar-refractivity contribution in [3.63, 3.8) is 0 Å². The van der Waals surface area contributed by atoms with Crippen molar-refractivity contribution in [1.29, 1.82) is 0 Å². The largest absolute Gasteiger partial charge is 0.394 e. The summed E-state index contributed by atoms with van der Waals surface area (Å²) in [6, 6.07) is 2.55. The summed E-state index contributed by atoms with van der Waals surface area (Å²) in [6.07, 6.45) is -4.19. The fourth-order valence-corrected chi connectivity index (χ4v) is 0.999. The zero-order valence-corrected chi connectivity index (χ0v) is 7.43. The first-order chi connectivity index (χ1) is 6.38. The number of rotatable bonds is 2. The van der Waals surface area contributed by atoms with Crippen molar-refractivity contribution in [3.8, 4) is 0 Å². The number of aromatic nitrogens is 1. The molecule has 2 nitrogen and oxygen atoms in total. The van der Waals surface area contributed by atoms with Crippen LogP contribution in [0.1, 0.15) is 23.0 Å². The first kappa shape index (κ1) is 10.7. The molecule has 14 heavy (non-hydrogen) atoms. The van der Waals surface area contributed by atoms with Gasteiger partial charge < -0.3 is 0 Å². The maximum Gasteiger partial charge on any atom is 0.394 e. The molecule has 1 aromatic heterocycles. The Morgan fingerprint density at radius 2 is 2.14 bits per heavy atom. The second kappa shape index (κ2) is 3.77. The Morgan fingerprint density at radius 3 is 2.64 bits per heavy atom. The van der Waals surface area contributed by atoms with Crippen LogP contribution >= 0.6 is 0 Å². The van der Waals surface area contributed by atoms with Crippen molar-refractivity contribution in [1.82, 2.24) is 4.98 Å². The minimum Gasteiger partial charge on any atom is -0.295 e. The molecule has 5 heteroatoms. The number of Topliss-reactive ketones (excluding diaryl/α,β-unsaturated/α-hetero) is 1. The van der Waals surface area contributed by atoms with Gasteiger partial charge >= 0.3 is 6.18 Å². The Bertz CT molecular complexity index is 346. The van der Waals surface area contributed by atoms with E-state index in [2.05, 4.69) is 4.98 Å². The summed E-state index contributed by atoms with van der Waals surface area (Å²) >= 11 is 0. The second-order valence-corrected chi connectivity index (χ2v) is 2.88. The summed E-state index contributed by atoms with van der Waals surface area (Å²) in [6.45, 7) is 1.30. The van der Waals surface area contributed by atoms with Gasteiger partial charge in [-0.15, -0.1) is 0 Å². The number of ketones is 1. The van der Waals surface area contributed by atoms with Crippen molar-refractivity contribution in [2.45, 2.75) is 19.5 Å². The highest BCUT2D eigenvalue weighted by Gasteiger charge is 2.28. The number of hydrogen-bond acceptors (Lipinski definition) is 2. The Hall–Kier alpha value is -1.39. The average Bonchev–Trinajstić information content (AvgIpc) is 2.01. The van der Waals surface area contributed by atoms with Gasteiger partial charge in [0.1, 0.15) is 0 Å². The third-order valence-corrected chi connectivity index (χ3v) is 1.60. The lowest BCUT2D eigenvalue weighted by Gasteiger charge is -2.05. The van der Waals surface area contributed by atoms with Crippen molar-refractivity contribution >= 4 is 5.78 Å². The van der Waals surface area contributed by atoms with Gasteiger partial charge in [-0.25, -0.2) is 0 Å². The zero-order chi connectivity index (χ0) is 10.8. The summed E-state index contributed by atoms with van der Waals surface area (Å²) in [7, 11) is 0. The molecule has 0 fully saturated rings. The predicted molar refractivity (Wildman–Crippen MR) is 44.0 cm³/mol. The Labute approximate surface area is 78.8 Å². The molecule has 0 aliphatic heterocycles. The molecule has 1 aromatic rings. The van der Waals surface area contributed by atoms with E-state index < -0.39 is 12.6 Å². The molecular formula is C9H8F3NO. The molecular weight excluding hydrogens is 195 g/mol. The van der Waals surface area contributed by atoms with Gasteiger partial charge in [-0.3, -0.25) is 9.78 Å². The molecule has 0 radical (unpaired) electrons. The number of hydrogen-bond donors (Lipinski definition) is 0. The van der Waals surface area contributed by atoms with Gasteiger partial charge in [0.25, 0.3) is 0 Å². The molecule has 0 saturated heterocycles. The highest BCUT2D eigenvalue weighted by molar-refractivity contribution is 5.93. The Kier molecular flexibility index (Phi) is 2.88. The van der Waals surface area contributed by atoms with E-state index in [1.807, 2.05) is 0 Å². The molecule has 0 aromatic carbocycles. The van der Waals surface area contributed by atoms with Gasteiger partial charge in [0, 0.05) is 11.8 Å². The number of pyridine rings is 1. The summed E-state index contributed by atoms with van der Waals surface area (Å²) in [4.78, 5) is 14.4. The lowest BCUT2D eigenvalue weighted by Crippen LogP contribution is -2.13. The Morgan fingerprint density at radius 1 is 1.50 bits per heavy atom. The van der Waals surface area contributed by atoms with Crippen LogP contribution in [0.25, 0.3) is 0 Å². The molecule has 0 bridgehead atoms. The SMILES string of the molecule is CC(=O)c1ccnc(CC(F)(F)F)c1. The van der Waals surface area contributed by atoms with Crippen LogP contribution in [-0.4, -0.2) is 16.9 Å². The van der Waals surface area contributed by atoms with Crippen LogP contribution in [0, 0.1) is 0 Å². The van der Waals surface area contributed by atoms with Crippen molar-refractivity contribution in [3.05, 3.63) is 29.6 Å². The van der Waals surface area contributed by atoms with Crippen LogP contribution in [0.4, 0.5) is 13.2 Å². The third-order valence-electron chi connectivity index (χ3n) is 1.60. The summed E-state index contributed by atoms with van der Waals surface area (Å²) in [5.74, 6) is -0.268. The van der Waals surface area contributed by atoms with Gasteiger partial charge in [-0.2, -0.15) is 13.2 Å². The Balaban J connectivity index is 2.89. The first-order valence-corrected chi connectivity index (χ1v) is 3.91. The van der Waals surface area contributed by atoms with E-state index in [0.29, 0.717) is 0 Å². The predicted octanol–water partition coefficient (Wildman–Crippen LogP) is 2.39. The number of nitrogens with zero attached hydrogens (tertiary/aromatic N) is 1. The van der Waals surface area contributed by atoms with Gasteiger partial charge in [-0.1, -0.05) is 0 Å². The number of carbonyl (C=O) groups is 1. The summed E-state index contributed by atoms with van der Waals surface area (Å²) in [5, 5.41) is 0. The molecule has 0 saturated carbocycles. The van der Waals surface area contributed by atoms with E-state index >= 15 is 0 Å². The lowest BCUT2D eigenvalue weighted by atomic mass is 10.1. The third kappa shape index (κ3) is 3.16. The fraction of sp³-hybridized carbons (Fsp3) is 0.333. The van der Waals surface area contributed by atoms with E-state index in [1.165, 1.54) is 19.2 Å². The number of alkyl halides is 3. The van der Waals surface area contributed by atoms with Crippen LogP contribution in [-0.2, 0) is 6.42 Å². The number of carbonyl (C=O) groups excluding carboxylic acids is 1. The van der Waals surface area contributed by atoms with Crippen molar-refractivity contribution in [2.24, 2.45) is 0 Å². The molecule has 0 atom stereocenters. The van der Waals surface area contributed by atoms with Gasteiger partial charge in [-0.05, 0) is 19.1 Å². The molecule has 76 valence electrons. The molecule has 1 rings (SSSR count). The molecule has 0 N–H and O–H groups in total. The van der Waals surface area contributed by atoms with E-state index in [0.717, 1.165) is 6.07 Å². The first-order valence-electron chi connectivity index (χ1n) is 3.91. The van der Waals surface area contributed by atoms with E-state index in [9.17, 15) is 18.0 Å². The van der Waals surface area contributed by atoms with Crippen LogP contribution < -0.4 is 0 Å². The molecule has 0 amide bonds. The minimum absolute atomic E-state index is 0.134. The molecule has 0 aliphatic carbocycles. The topological polar surface area (TPSA) is 30.0 Å². The lowest BCUT2D eigenvalue weighted by molar-refractivity contribution is -0.127. The number of halogens is 3. The molecule has 1 heterocycles. The molecule has 0 aliphatic rings. The standard InChI is InChI=1S/C9H8F3NO/c1-6(14)7-2-3-13-8(4-7)5-9(10,11)12/h2-4H,5H2,1H3. The highest BCUT2D eigenvalue weighted by atomic mass is 19.4. The van der Waals surface area contributed by atoms with E-state index in [1.54, 1.807) is 0 Å². The monoisotopic (exact) mass is 203 g/mol. The van der Waals surface area contributed by atoms with Crippen LogP contribution in [0.3, 0.4) is 0 Å². The average molecular weight is 203 g/mol. The molecule has 0 unspecified atom stereocenters. The van der Waals surface area contributed by atoms with E-state index in [4.69, 9.17) is 0 Å². The fourth-order valence-electron chi connectivity index (χ4n) is 0.999. The van der Waals surface area contributed by atoms with Gasteiger partial charge in [0.2, 0.25) is 0 Å². The summed E-state index contributed by atoms with van der Waals surface area (Å²) in [5.41, 5.74) is 0.115. The second-order valence-electron chi connectivity index (χ2n) is 2.88. The van der Waals surface area contributed by atoms with Crippen molar-refractivity contribution < 1.29 is 18.0 Å². The van der Waals surface area contributed by atoms with Gasteiger partial charge in [0.15, 0.2) is 5.78 Å². The van der Waals surface area contributed by atoms with E-state index in [-0.39, 0.29) is 17.0 Å². The summed E-state index contributed by atoms with van der Waals surface area (Å²) < 4.78 is 35.8. The highest BCUT2D eigenvalue weighted by Crippen LogP contribution is 2.20. The van der Waals surface area contributed by atoms with Crippen LogP contribution in [0.5, 0.6) is 0 Å². The van der Waals surface area contributed by atoms with Gasteiger partial charge in [0.05, 0.1) is 12.1 Å². The van der Waals surface area contributed by atoms with Crippen molar-refractivity contribution in [2.75, 3.05) is 0 Å². The molecule has 0 spiro atoms. The maximum absolute atomic E-state index is 11.9. The quantitative estimate of drug-likeness (QED) is 0.691. The smallest absolute Gasteiger partial charge is 0.295 e. The van der Waals surface area contributed by atoms with Crippen LogP contribution in [0.15, 0.2) is 18.3 Å². The zero-order valence-electron chi connectivity index (χ0n) is 7.43. The maximum atomic E-state index is 11.9. The minimum atomic E-state index is -4.29. The normalized spacial score (nSPS) is 11.4. The van der Waals surface area contributed by atoms with Crippen LogP contribution in [0.2, 0.25) is 0 Å².